The molecule has 26 heavy (non-hydrogen) atoms. The lowest BCUT2D eigenvalue weighted by Gasteiger charge is -2.19. The van der Waals surface area contributed by atoms with E-state index in [9.17, 15) is 24.2 Å². The van der Waals surface area contributed by atoms with Crippen LogP contribution in [0, 0.1) is 5.82 Å². The minimum absolute atomic E-state index is 0.00996. The van der Waals surface area contributed by atoms with Crippen molar-refractivity contribution < 1.29 is 34.0 Å². The largest absolute Gasteiger partial charge is 0.478 e. The van der Waals surface area contributed by atoms with Crippen molar-refractivity contribution in [2.45, 2.75) is 18.8 Å². The van der Waals surface area contributed by atoms with Crippen LogP contribution in [0.15, 0.2) is 48.5 Å². The van der Waals surface area contributed by atoms with E-state index in [2.05, 4.69) is 5.32 Å². The van der Waals surface area contributed by atoms with E-state index in [4.69, 9.17) is 9.84 Å². The highest BCUT2D eigenvalue weighted by Gasteiger charge is 2.22. The second-order valence-corrected chi connectivity index (χ2v) is 5.50. The van der Waals surface area contributed by atoms with Gasteiger partial charge in [0, 0.05) is 6.54 Å². The first-order valence-corrected chi connectivity index (χ1v) is 7.72. The van der Waals surface area contributed by atoms with Crippen molar-refractivity contribution >= 4 is 12.1 Å². The number of rotatable bonds is 7. The quantitative estimate of drug-likeness (QED) is 0.597. The zero-order valence-electron chi connectivity index (χ0n) is 13.6. The lowest BCUT2D eigenvalue weighted by atomic mass is 10.0. The van der Waals surface area contributed by atoms with E-state index in [1.807, 2.05) is 6.07 Å². The van der Waals surface area contributed by atoms with Crippen LogP contribution in [-0.2, 0) is 11.3 Å². The van der Waals surface area contributed by atoms with Crippen LogP contribution in [0.1, 0.15) is 27.6 Å². The summed E-state index contributed by atoms with van der Waals surface area (Å²) in [5.41, 5.74) is 0.176. The molecule has 0 saturated carbocycles. The minimum atomic E-state index is -1.51. The van der Waals surface area contributed by atoms with Crippen LogP contribution in [0.5, 0.6) is 0 Å². The number of carbonyl (C=O) groups excluding carboxylic acids is 1. The van der Waals surface area contributed by atoms with Crippen LogP contribution < -0.4 is 5.32 Å². The first-order valence-electron chi connectivity index (χ1n) is 7.72. The van der Waals surface area contributed by atoms with E-state index < -0.39 is 35.7 Å². The van der Waals surface area contributed by atoms with Gasteiger partial charge < -0.3 is 25.4 Å². The summed E-state index contributed by atoms with van der Waals surface area (Å²) in [4.78, 5) is 22.5. The summed E-state index contributed by atoms with van der Waals surface area (Å²) in [5, 5.41) is 31.2. The number of alkyl carbamates (subject to hydrolysis) is 1. The van der Waals surface area contributed by atoms with E-state index in [0.717, 1.165) is 23.8 Å². The number of aromatic carboxylic acids is 1. The van der Waals surface area contributed by atoms with Crippen LogP contribution in [0.3, 0.4) is 0 Å². The molecule has 138 valence electrons. The molecule has 0 spiro atoms. The van der Waals surface area contributed by atoms with Gasteiger partial charge in [-0.15, -0.1) is 0 Å². The Morgan fingerprint density at radius 2 is 1.81 bits per heavy atom. The fourth-order valence-corrected chi connectivity index (χ4v) is 2.19. The number of aliphatic hydroxyl groups is 2. The van der Waals surface area contributed by atoms with Crippen molar-refractivity contribution in [2.75, 3.05) is 6.54 Å². The van der Waals surface area contributed by atoms with Gasteiger partial charge in [-0.25, -0.2) is 14.0 Å². The maximum atomic E-state index is 13.4. The number of carbonyl (C=O) groups is 2. The molecule has 2 unspecified atom stereocenters. The van der Waals surface area contributed by atoms with Gasteiger partial charge in [0.2, 0.25) is 0 Å². The highest BCUT2D eigenvalue weighted by atomic mass is 19.1. The molecule has 0 aliphatic rings. The summed E-state index contributed by atoms with van der Waals surface area (Å²) in [6, 6.07) is 11.9. The van der Waals surface area contributed by atoms with Gasteiger partial charge in [-0.3, -0.25) is 0 Å². The number of ether oxygens (including phenoxy) is 1. The van der Waals surface area contributed by atoms with Gasteiger partial charge in [0.05, 0.1) is 5.56 Å². The molecule has 2 aromatic rings. The smallest absolute Gasteiger partial charge is 0.407 e. The molecule has 0 aliphatic heterocycles. The van der Waals surface area contributed by atoms with Crippen molar-refractivity contribution in [1.82, 2.24) is 5.32 Å². The number of nitrogens with one attached hydrogen (secondary N) is 1. The molecule has 2 aromatic carbocycles. The minimum Gasteiger partial charge on any atom is -0.478 e. The van der Waals surface area contributed by atoms with Gasteiger partial charge in [0.1, 0.15) is 24.6 Å². The number of benzene rings is 2. The predicted molar refractivity (Wildman–Crippen MR) is 89.0 cm³/mol. The topological polar surface area (TPSA) is 116 Å². The monoisotopic (exact) mass is 363 g/mol. The van der Waals surface area contributed by atoms with Crippen LogP contribution in [0.2, 0.25) is 0 Å². The van der Waals surface area contributed by atoms with E-state index in [-0.39, 0.29) is 18.7 Å². The zero-order chi connectivity index (χ0) is 19.1. The molecule has 2 atom stereocenters. The molecule has 1 amide bonds. The number of aliphatic hydroxyl groups excluding tert-OH is 2. The lowest BCUT2D eigenvalue weighted by molar-refractivity contribution is 0.0183. The SMILES string of the molecule is O=C(NCC(O)C(O)c1ccc(F)c(C(=O)O)c1)OCc1ccccc1. The van der Waals surface area contributed by atoms with Gasteiger partial charge in [-0.1, -0.05) is 36.4 Å². The van der Waals surface area contributed by atoms with Gasteiger partial charge >= 0.3 is 12.1 Å². The fourth-order valence-electron chi connectivity index (χ4n) is 2.19. The van der Waals surface area contributed by atoms with Gasteiger partial charge in [-0.05, 0) is 23.3 Å². The molecule has 8 heteroatoms. The average molecular weight is 363 g/mol. The summed E-state index contributed by atoms with van der Waals surface area (Å²) in [6.07, 6.45) is -3.74. The Morgan fingerprint density at radius 3 is 2.46 bits per heavy atom. The summed E-state index contributed by atoms with van der Waals surface area (Å²) >= 11 is 0. The first kappa shape index (κ1) is 19.4. The zero-order valence-corrected chi connectivity index (χ0v) is 13.6. The predicted octanol–water partition coefficient (Wildman–Crippen LogP) is 1.84. The fraction of sp³-hybridized carbons (Fsp3) is 0.222. The molecule has 0 bridgehead atoms. The molecule has 0 heterocycles. The number of amides is 1. The average Bonchev–Trinajstić information content (AvgIpc) is 2.64. The molecule has 0 saturated heterocycles. The maximum Gasteiger partial charge on any atom is 0.407 e. The highest BCUT2D eigenvalue weighted by Crippen LogP contribution is 2.20. The number of carboxylic acids is 1. The van der Waals surface area contributed by atoms with Crippen molar-refractivity contribution in [1.29, 1.82) is 0 Å². The third kappa shape index (κ3) is 5.27. The van der Waals surface area contributed by atoms with Crippen molar-refractivity contribution in [3.8, 4) is 0 Å². The van der Waals surface area contributed by atoms with Gasteiger partial charge in [0.15, 0.2) is 0 Å². The first-order chi connectivity index (χ1) is 12.4. The summed E-state index contributed by atoms with van der Waals surface area (Å²) in [7, 11) is 0. The number of hydrogen-bond acceptors (Lipinski definition) is 5. The third-order valence-electron chi connectivity index (χ3n) is 3.60. The van der Waals surface area contributed by atoms with Crippen LogP contribution in [0.4, 0.5) is 9.18 Å². The third-order valence-corrected chi connectivity index (χ3v) is 3.60. The normalized spacial score (nSPS) is 12.9. The second kappa shape index (κ2) is 8.93. The number of carboxylic acid groups (broad SMARTS) is 1. The Kier molecular flexibility index (Phi) is 6.65. The molecule has 0 aliphatic carbocycles. The summed E-state index contributed by atoms with van der Waals surface area (Å²) in [6.45, 7) is -0.292. The van der Waals surface area contributed by atoms with Crippen molar-refractivity contribution in [3.05, 3.63) is 71.0 Å². The Labute approximate surface area is 148 Å². The molecule has 0 radical (unpaired) electrons. The molecule has 4 N–H and O–H groups in total. The molecule has 0 aromatic heterocycles. The summed E-state index contributed by atoms with van der Waals surface area (Å²) < 4.78 is 18.3. The molecule has 0 fully saturated rings. The van der Waals surface area contributed by atoms with Crippen LogP contribution in [-0.4, -0.2) is 40.0 Å². The number of halogens is 1. The van der Waals surface area contributed by atoms with Crippen molar-refractivity contribution in [2.24, 2.45) is 0 Å². The summed E-state index contributed by atoms with van der Waals surface area (Å²) in [5.74, 6) is -2.45. The maximum absolute atomic E-state index is 13.4. The van der Waals surface area contributed by atoms with E-state index in [1.54, 1.807) is 24.3 Å². The second-order valence-electron chi connectivity index (χ2n) is 5.50. The van der Waals surface area contributed by atoms with Crippen LogP contribution in [0.25, 0.3) is 0 Å². The van der Waals surface area contributed by atoms with E-state index in [0.29, 0.717) is 0 Å². The van der Waals surface area contributed by atoms with E-state index >= 15 is 0 Å². The van der Waals surface area contributed by atoms with Crippen LogP contribution >= 0.6 is 0 Å². The molecular formula is C18H18FNO6. The molecule has 7 nitrogen and oxygen atoms in total. The number of hydrogen-bond donors (Lipinski definition) is 4. The Morgan fingerprint density at radius 1 is 1.12 bits per heavy atom. The highest BCUT2D eigenvalue weighted by molar-refractivity contribution is 5.88. The van der Waals surface area contributed by atoms with Gasteiger partial charge in [-0.2, -0.15) is 0 Å². The van der Waals surface area contributed by atoms with Crippen molar-refractivity contribution in [3.63, 3.8) is 0 Å². The molecule has 2 rings (SSSR count). The Bertz CT molecular complexity index is 768. The standard InChI is InChI=1S/C18H18FNO6/c19-14-7-6-12(8-13(14)17(23)24)16(22)15(21)9-20-18(25)26-10-11-4-2-1-3-5-11/h1-8,15-16,21-22H,9-10H2,(H,20,25)(H,23,24). The Hall–Kier alpha value is -2.97. The Balaban J connectivity index is 1.86. The van der Waals surface area contributed by atoms with Gasteiger partial charge in [0.25, 0.3) is 0 Å². The lowest BCUT2D eigenvalue weighted by Crippen LogP contribution is -2.35. The van der Waals surface area contributed by atoms with E-state index in [1.165, 1.54) is 0 Å². The molecular weight excluding hydrogens is 345 g/mol.